The molecule has 0 bridgehead atoms. The first-order valence-electron chi connectivity index (χ1n) is 6.83. The second-order valence-electron chi connectivity index (χ2n) is 4.69. The van der Waals surface area contributed by atoms with Crippen LogP contribution in [0, 0.1) is 6.92 Å². The van der Waals surface area contributed by atoms with Crippen LogP contribution in [-0.4, -0.2) is 24.0 Å². The molecule has 0 saturated heterocycles. The Bertz CT molecular complexity index is 617. The molecule has 1 aromatic carbocycles. The molecule has 1 aromatic heterocycles. The molecule has 0 aliphatic heterocycles. The molecule has 0 saturated carbocycles. The Kier molecular flexibility index (Phi) is 10.4. The number of amides is 1. The van der Waals surface area contributed by atoms with Crippen LogP contribution in [0.25, 0.3) is 10.6 Å². The van der Waals surface area contributed by atoms with Crippen LogP contribution < -0.4 is 11.1 Å². The van der Waals surface area contributed by atoms with E-state index in [1.54, 1.807) is 0 Å². The highest BCUT2D eigenvalue weighted by Gasteiger charge is 2.15. The van der Waals surface area contributed by atoms with Crippen LogP contribution in [0.3, 0.4) is 0 Å². The lowest BCUT2D eigenvalue weighted by Gasteiger charge is -2.02. The van der Waals surface area contributed by atoms with Crippen molar-refractivity contribution >= 4 is 53.7 Å². The van der Waals surface area contributed by atoms with E-state index in [1.807, 2.05) is 31.2 Å². The van der Waals surface area contributed by atoms with E-state index in [0.29, 0.717) is 23.0 Å². The molecule has 0 unspecified atom stereocenters. The molecule has 0 radical (unpaired) electrons. The lowest BCUT2D eigenvalue weighted by molar-refractivity contribution is 0.0956. The lowest BCUT2D eigenvalue weighted by atomic mass is 10.2. The maximum absolute atomic E-state index is 12.1. The van der Waals surface area contributed by atoms with Gasteiger partial charge in [0.2, 0.25) is 0 Å². The van der Waals surface area contributed by atoms with Crippen LogP contribution in [-0.2, 0) is 0 Å². The topological polar surface area (TPSA) is 68.0 Å². The van der Waals surface area contributed by atoms with Gasteiger partial charge in [0.25, 0.3) is 5.91 Å². The van der Waals surface area contributed by atoms with Gasteiger partial charge in [-0.3, -0.25) is 4.79 Å². The zero-order chi connectivity index (χ0) is 15.2. The number of unbranched alkanes of at least 4 members (excludes halogenated alkanes) is 1. The van der Waals surface area contributed by atoms with Gasteiger partial charge in [0.1, 0.15) is 9.88 Å². The Balaban J connectivity index is 0.00000242. The van der Waals surface area contributed by atoms with E-state index < -0.39 is 0 Å². The molecule has 1 amide bonds. The zero-order valence-electron chi connectivity index (χ0n) is 12.7. The normalized spacial score (nSPS) is 9.70. The summed E-state index contributed by atoms with van der Waals surface area (Å²) in [4.78, 5) is 17.3. The van der Waals surface area contributed by atoms with Crippen LogP contribution in [0.5, 0.6) is 0 Å². The second-order valence-corrected chi connectivity index (χ2v) is 6.13. The number of nitrogens with one attached hydrogen (secondary N) is 1. The minimum absolute atomic E-state index is 0. The number of rotatable bonds is 6. The Morgan fingerprint density at radius 1 is 1.26 bits per heavy atom. The fourth-order valence-electron chi connectivity index (χ4n) is 1.87. The number of hydrogen-bond acceptors (Lipinski definition) is 4. The molecule has 2 aromatic rings. The van der Waals surface area contributed by atoms with E-state index in [9.17, 15) is 4.79 Å². The smallest absolute Gasteiger partial charge is 0.263 e. The first-order chi connectivity index (χ1) is 10.1. The highest BCUT2D eigenvalue weighted by atomic mass is 35.5. The summed E-state index contributed by atoms with van der Waals surface area (Å²) in [6.07, 6.45) is 1.81. The van der Waals surface area contributed by atoms with Gasteiger partial charge in [-0.05, 0) is 38.4 Å². The van der Waals surface area contributed by atoms with E-state index in [2.05, 4.69) is 10.3 Å². The SMILES string of the molecule is Cc1nc(-c2ccc(Cl)cc2)sc1C(=O)NCCCCN.Cl.Cl. The third-order valence-corrected chi connectivity index (χ3v) is 4.47. The van der Waals surface area contributed by atoms with Crippen molar-refractivity contribution in [2.45, 2.75) is 19.8 Å². The van der Waals surface area contributed by atoms with Crippen molar-refractivity contribution < 1.29 is 4.79 Å². The van der Waals surface area contributed by atoms with Gasteiger partial charge in [-0.1, -0.05) is 23.7 Å². The average molecular weight is 397 g/mol. The Hall–Kier alpha value is -0.850. The van der Waals surface area contributed by atoms with Gasteiger partial charge < -0.3 is 11.1 Å². The van der Waals surface area contributed by atoms with Crippen molar-refractivity contribution in [3.05, 3.63) is 39.9 Å². The molecule has 0 aliphatic carbocycles. The monoisotopic (exact) mass is 395 g/mol. The number of nitrogens with zero attached hydrogens (tertiary/aromatic N) is 1. The maximum atomic E-state index is 12.1. The number of aromatic nitrogens is 1. The minimum Gasteiger partial charge on any atom is -0.351 e. The van der Waals surface area contributed by atoms with Gasteiger partial charge in [0, 0.05) is 17.1 Å². The number of carbonyl (C=O) groups is 1. The highest BCUT2D eigenvalue weighted by molar-refractivity contribution is 7.17. The van der Waals surface area contributed by atoms with E-state index >= 15 is 0 Å². The first kappa shape index (κ1) is 22.1. The molecule has 3 N–H and O–H groups in total. The number of thiazole rings is 1. The number of hydrogen-bond donors (Lipinski definition) is 2. The Morgan fingerprint density at radius 3 is 2.52 bits per heavy atom. The molecule has 1 heterocycles. The molecule has 0 spiro atoms. The summed E-state index contributed by atoms with van der Waals surface area (Å²) in [7, 11) is 0. The van der Waals surface area contributed by atoms with Crippen LogP contribution in [0.4, 0.5) is 0 Å². The Labute approximate surface area is 157 Å². The van der Waals surface area contributed by atoms with E-state index in [-0.39, 0.29) is 30.7 Å². The third kappa shape index (κ3) is 6.28. The summed E-state index contributed by atoms with van der Waals surface area (Å²) >= 11 is 7.28. The average Bonchev–Trinajstić information content (AvgIpc) is 2.86. The van der Waals surface area contributed by atoms with Crippen molar-refractivity contribution in [2.75, 3.05) is 13.1 Å². The molecule has 23 heavy (non-hydrogen) atoms. The van der Waals surface area contributed by atoms with Gasteiger partial charge >= 0.3 is 0 Å². The molecule has 4 nitrogen and oxygen atoms in total. The molecule has 2 rings (SSSR count). The summed E-state index contributed by atoms with van der Waals surface area (Å²) in [6.45, 7) is 3.14. The van der Waals surface area contributed by atoms with E-state index in [1.165, 1.54) is 11.3 Å². The number of carbonyl (C=O) groups excluding carboxylic acids is 1. The molecule has 0 atom stereocenters. The lowest BCUT2D eigenvalue weighted by Crippen LogP contribution is -2.24. The zero-order valence-corrected chi connectivity index (χ0v) is 15.9. The van der Waals surface area contributed by atoms with Crippen LogP contribution >= 0.6 is 47.8 Å². The molecular formula is C15H20Cl3N3OS. The summed E-state index contributed by atoms with van der Waals surface area (Å²) in [6, 6.07) is 7.45. The summed E-state index contributed by atoms with van der Waals surface area (Å²) in [5.74, 6) is -0.0674. The standard InChI is InChI=1S/C15H18ClN3OS.2ClH/c1-10-13(14(20)18-9-3-2-8-17)21-15(19-10)11-4-6-12(16)7-5-11;;/h4-7H,2-3,8-9,17H2,1H3,(H,18,20);2*1H. The largest absolute Gasteiger partial charge is 0.351 e. The van der Waals surface area contributed by atoms with Gasteiger partial charge in [0.15, 0.2) is 0 Å². The maximum Gasteiger partial charge on any atom is 0.263 e. The molecule has 8 heteroatoms. The molecule has 0 aliphatic rings. The van der Waals surface area contributed by atoms with Crippen molar-refractivity contribution in [2.24, 2.45) is 5.73 Å². The van der Waals surface area contributed by atoms with Crippen molar-refractivity contribution in [3.8, 4) is 10.6 Å². The summed E-state index contributed by atoms with van der Waals surface area (Å²) in [5, 5.41) is 4.42. The van der Waals surface area contributed by atoms with Crippen LogP contribution in [0.1, 0.15) is 28.2 Å². The number of halogens is 3. The molecular weight excluding hydrogens is 377 g/mol. The quantitative estimate of drug-likeness (QED) is 0.723. The van der Waals surface area contributed by atoms with Crippen LogP contribution in [0.15, 0.2) is 24.3 Å². The predicted octanol–water partition coefficient (Wildman–Crippen LogP) is 4.08. The van der Waals surface area contributed by atoms with E-state index in [4.69, 9.17) is 17.3 Å². The van der Waals surface area contributed by atoms with Crippen LogP contribution in [0.2, 0.25) is 5.02 Å². The Morgan fingerprint density at radius 2 is 1.91 bits per heavy atom. The number of aryl methyl sites for hydroxylation is 1. The number of nitrogens with two attached hydrogens (primary N) is 1. The fraction of sp³-hybridized carbons (Fsp3) is 0.333. The first-order valence-corrected chi connectivity index (χ1v) is 8.03. The van der Waals surface area contributed by atoms with Gasteiger partial charge in [0.05, 0.1) is 5.69 Å². The molecule has 128 valence electrons. The molecule has 0 fully saturated rings. The van der Waals surface area contributed by atoms with Gasteiger partial charge in [-0.2, -0.15) is 0 Å². The van der Waals surface area contributed by atoms with Crippen molar-refractivity contribution in [1.29, 1.82) is 0 Å². The second kappa shape index (κ2) is 10.8. The van der Waals surface area contributed by atoms with E-state index in [0.717, 1.165) is 29.1 Å². The van der Waals surface area contributed by atoms with Gasteiger partial charge in [-0.15, -0.1) is 36.2 Å². The van der Waals surface area contributed by atoms with Crippen molar-refractivity contribution in [1.82, 2.24) is 10.3 Å². The number of benzene rings is 1. The predicted molar refractivity (Wildman–Crippen MR) is 102 cm³/mol. The van der Waals surface area contributed by atoms with Crippen molar-refractivity contribution in [3.63, 3.8) is 0 Å². The highest BCUT2D eigenvalue weighted by Crippen LogP contribution is 2.28. The van der Waals surface area contributed by atoms with Gasteiger partial charge in [-0.25, -0.2) is 4.98 Å². The summed E-state index contributed by atoms with van der Waals surface area (Å²) in [5.41, 5.74) is 7.15. The summed E-state index contributed by atoms with van der Waals surface area (Å²) < 4.78 is 0. The fourth-order valence-corrected chi connectivity index (χ4v) is 2.99. The third-order valence-electron chi connectivity index (χ3n) is 3.01. The minimum atomic E-state index is -0.0674.